The summed E-state index contributed by atoms with van der Waals surface area (Å²) in [5.74, 6) is 7.04. The zero-order chi connectivity index (χ0) is 14.2. The monoisotopic (exact) mass is 276 g/mol. The molecule has 0 aliphatic heterocycles. The zero-order valence-electron chi connectivity index (χ0n) is 12.1. The van der Waals surface area contributed by atoms with Gasteiger partial charge in [0.15, 0.2) is 0 Å². The molecule has 1 aromatic carbocycles. The standard InChI is InChI=1S/C15H24N4O/c1-2-20-14-10-8-13(9-11-14)18-15(19-16)17-12-6-4-3-5-7-12/h8-12H,2-7,16H2,1H3,(H2,17,18,19). The van der Waals surface area contributed by atoms with Crippen molar-refractivity contribution < 1.29 is 4.74 Å². The molecule has 0 bridgehead atoms. The molecule has 4 N–H and O–H groups in total. The average molecular weight is 276 g/mol. The first-order valence-corrected chi connectivity index (χ1v) is 7.36. The van der Waals surface area contributed by atoms with Crippen LogP contribution in [0, 0.1) is 0 Å². The number of hydrogen-bond acceptors (Lipinski definition) is 3. The van der Waals surface area contributed by atoms with Crippen molar-refractivity contribution >= 4 is 11.6 Å². The van der Waals surface area contributed by atoms with Gasteiger partial charge in [0.1, 0.15) is 5.75 Å². The van der Waals surface area contributed by atoms with Gasteiger partial charge in [-0.2, -0.15) is 0 Å². The first-order chi connectivity index (χ1) is 9.81. The van der Waals surface area contributed by atoms with E-state index in [0.717, 1.165) is 24.3 Å². The van der Waals surface area contributed by atoms with Crippen molar-refractivity contribution in [1.82, 2.24) is 5.43 Å². The minimum atomic E-state index is 0.380. The molecule has 20 heavy (non-hydrogen) atoms. The van der Waals surface area contributed by atoms with Crippen molar-refractivity contribution in [2.75, 3.05) is 11.9 Å². The molecule has 0 saturated heterocycles. The summed E-state index contributed by atoms with van der Waals surface area (Å²) in [5, 5.41) is 3.20. The van der Waals surface area contributed by atoms with Gasteiger partial charge in [-0.05, 0) is 44.0 Å². The van der Waals surface area contributed by atoms with Crippen LogP contribution in [0.3, 0.4) is 0 Å². The Balaban J connectivity index is 1.96. The molecule has 0 aromatic heterocycles. The fourth-order valence-electron chi connectivity index (χ4n) is 2.44. The lowest BCUT2D eigenvalue weighted by Crippen LogP contribution is -2.37. The van der Waals surface area contributed by atoms with E-state index >= 15 is 0 Å². The lowest BCUT2D eigenvalue weighted by Gasteiger charge is -2.19. The van der Waals surface area contributed by atoms with E-state index in [9.17, 15) is 0 Å². The molecule has 0 unspecified atom stereocenters. The lowest BCUT2D eigenvalue weighted by molar-refractivity contribution is 0.340. The third kappa shape index (κ3) is 4.42. The summed E-state index contributed by atoms with van der Waals surface area (Å²) in [6.45, 7) is 2.64. The summed E-state index contributed by atoms with van der Waals surface area (Å²) in [5.41, 5.74) is 3.59. The SMILES string of the molecule is CCOc1ccc(NC(=NC2CCCCC2)NN)cc1. The number of aliphatic imine (C=N–C) groups is 1. The first kappa shape index (κ1) is 14.7. The summed E-state index contributed by atoms with van der Waals surface area (Å²) in [6.07, 6.45) is 6.14. The fourth-order valence-corrected chi connectivity index (χ4v) is 2.44. The number of anilines is 1. The zero-order valence-corrected chi connectivity index (χ0v) is 12.1. The van der Waals surface area contributed by atoms with Gasteiger partial charge in [0, 0.05) is 5.69 Å². The minimum absolute atomic E-state index is 0.380. The number of ether oxygens (including phenoxy) is 1. The second kappa shape index (κ2) is 7.75. The molecule has 0 atom stereocenters. The Bertz CT molecular complexity index is 424. The van der Waals surface area contributed by atoms with Gasteiger partial charge in [-0.15, -0.1) is 0 Å². The van der Waals surface area contributed by atoms with Crippen LogP contribution in [0.25, 0.3) is 0 Å². The summed E-state index contributed by atoms with van der Waals surface area (Å²) in [4.78, 5) is 4.65. The predicted octanol–water partition coefficient (Wildman–Crippen LogP) is 2.65. The largest absolute Gasteiger partial charge is 0.494 e. The van der Waals surface area contributed by atoms with Gasteiger partial charge in [0.25, 0.3) is 0 Å². The van der Waals surface area contributed by atoms with E-state index in [0.29, 0.717) is 18.6 Å². The van der Waals surface area contributed by atoms with E-state index in [2.05, 4.69) is 15.7 Å². The highest BCUT2D eigenvalue weighted by Crippen LogP contribution is 2.20. The molecule has 0 heterocycles. The van der Waals surface area contributed by atoms with Crippen molar-refractivity contribution in [2.24, 2.45) is 10.8 Å². The summed E-state index contributed by atoms with van der Waals surface area (Å²) in [6, 6.07) is 8.16. The molecule has 2 rings (SSSR count). The number of nitrogens with one attached hydrogen (secondary N) is 2. The summed E-state index contributed by atoms with van der Waals surface area (Å²) < 4.78 is 5.42. The van der Waals surface area contributed by atoms with Gasteiger partial charge >= 0.3 is 0 Å². The van der Waals surface area contributed by atoms with Gasteiger partial charge in [-0.3, -0.25) is 5.43 Å². The highest BCUT2D eigenvalue weighted by Gasteiger charge is 2.13. The second-order valence-electron chi connectivity index (χ2n) is 5.00. The molecular formula is C15H24N4O. The van der Waals surface area contributed by atoms with E-state index in [1.807, 2.05) is 31.2 Å². The van der Waals surface area contributed by atoms with Crippen LogP contribution in [-0.4, -0.2) is 18.6 Å². The lowest BCUT2D eigenvalue weighted by atomic mass is 9.96. The van der Waals surface area contributed by atoms with Gasteiger partial charge in [0.2, 0.25) is 5.96 Å². The molecule has 0 spiro atoms. The maximum Gasteiger partial charge on any atom is 0.210 e. The van der Waals surface area contributed by atoms with Crippen molar-refractivity contribution in [2.45, 2.75) is 45.1 Å². The molecule has 110 valence electrons. The van der Waals surface area contributed by atoms with E-state index in [4.69, 9.17) is 10.6 Å². The number of rotatable bonds is 4. The highest BCUT2D eigenvalue weighted by molar-refractivity contribution is 5.93. The molecule has 1 aromatic rings. The molecular weight excluding hydrogens is 252 g/mol. The fraction of sp³-hybridized carbons (Fsp3) is 0.533. The number of nitrogens with two attached hydrogens (primary N) is 1. The Morgan fingerprint density at radius 3 is 2.55 bits per heavy atom. The highest BCUT2D eigenvalue weighted by atomic mass is 16.5. The van der Waals surface area contributed by atoms with E-state index in [-0.39, 0.29) is 0 Å². The van der Waals surface area contributed by atoms with Crippen molar-refractivity contribution in [1.29, 1.82) is 0 Å². The van der Waals surface area contributed by atoms with Crippen LogP contribution in [0.4, 0.5) is 5.69 Å². The first-order valence-electron chi connectivity index (χ1n) is 7.36. The van der Waals surface area contributed by atoms with Crippen LogP contribution in [0.5, 0.6) is 5.75 Å². The van der Waals surface area contributed by atoms with E-state index < -0.39 is 0 Å². The minimum Gasteiger partial charge on any atom is -0.494 e. The Labute approximate surface area is 120 Å². The number of hydrazine groups is 1. The third-order valence-corrected chi connectivity index (χ3v) is 3.45. The van der Waals surface area contributed by atoms with Crippen LogP contribution in [0.15, 0.2) is 29.3 Å². The summed E-state index contributed by atoms with van der Waals surface area (Å²) in [7, 11) is 0. The maximum atomic E-state index is 5.55. The molecule has 5 nitrogen and oxygen atoms in total. The van der Waals surface area contributed by atoms with Crippen LogP contribution >= 0.6 is 0 Å². The molecule has 1 aliphatic carbocycles. The number of benzene rings is 1. The van der Waals surface area contributed by atoms with Gasteiger partial charge in [0.05, 0.1) is 12.6 Å². The van der Waals surface area contributed by atoms with Crippen LogP contribution in [-0.2, 0) is 0 Å². The number of guanidine groups is 1. The average Bonchev–Trinajstić information content (AvgIpc) is 2.50. The molecule has 1 fully saturated rings. The normalized spacial score (nSPS) is 16.8. The Hall–Kier alpha value is -1.75. The predicted molar refractivity (Wildman–Crippen MR) is 82.9 cm³/mol. The molecule has 1 aliphatic rings. The van der Waals surface area contributed by atoms with Gasteiger partial charge in [-0.1, -0.05) is 19.3 Å². The van der Waals surface area contributed by atoms with Crippen molar-refractivity contribution in [3.63, 3.8) is 0 Å². The van der Waals surface area contributed by atoms with Crippen LogP contribution in [0.2, 0.25) is 0 Å². The third-order valence-electron chi connectivity index (χ3n) is 3.45. The van der Waals surface area contributed by atoms with Gasteiger partial charge < -0.3 is 10.1 Å². The summed E-state index contributed by atoms with van der Waals surface area (Å²) >= 11 is 0. The van der Waals surface area contributed by atoms with Gasteiger partial charge in [-0.25, -0.2) is 10.8 Å². The maximum absolute atomic E-state index is 5.55. The molecule has 0 amide bonds. The number of nitrogens with zero attached hydrogens (tertiary/aromatic N) is 1. The van der Waals surface area contributed by atoms with Crippen molar-refractivity contribution in [3.05, 3.63) is 24.3 Å². The van der Waals surface area contributed by atoms with E-state index in [1.54, 1.807) is 0 Å². The molecule has 0 radical (unpaired) electrons. The van der Waals surface area contributed by atoms with E-state index in [1.165, 1.54) is 19.3 Å². The Morgan fingerprint density at radius 1 is 1.25 bits per heavy atom. The number of hydrogen-bond donors (Lipinski definition) is 3. The smallest absolute Gasteiger partial charge is 0.210 e. The quantitative estimate of drug-likeness (QED) is 0.342. The Kier molecular flexibility index (Phi) is 5.68. The van der Waals surface area contributed by atoms with Crippen molar-refractivity contribution in [3.8, 4) is 5.75 Å². The Morgan fingerprint density at radius 2 is 1.95 bits per heavy atom. The molecule has 1 saturated carbocycles. The van der Waals surface area contributed by atoms with Crippen LogP contribution in [0.1, 0.15) is 39.0 Å². The topological polar surface area (TPSA) is 71.7 Å². The second-order valence-corrected chi connectivity index (χ2v) is 5.00. The van der Waals surface area contributed by atoms with Crippen LogP contribution < -0.4 is 21.3 Å². The molecule has 5 heteroatoms.